The molecule has 0 bridgehead atoms. The minimum Gasteiger partial charge on any atom is -0.493 e. The van der Waals surface area contributed by atoms with E-state index in [0.717, 1.165) is 36.8 Å². The first-order chi connectivity index (χ1) is 22.6. The number of hydrogen-bond donors (Lipinski definition) is 1. The third-order valence-electron chi connectivity index (χ3n) is 8.96. The fourth-order valence-electron chi connectivity index (χ4n) is 6.65. The van der Waals surface area contributed by atoms with Crippen molar-refractivity contribution in [1.82, 2.24) is 9.80 Å². The van der Waals surface area contributed by atoms with Gasteiger partial charge < -0.3 is 38.8 Å². The van der Waals surface area contributed by atoms with Crippen LogP contribution in [-0.4, -0.2) is 78.7 Å². The van der Waals surface area contributed by atoms with Crippen LogP contribution in [0.4, 0.5) is 11.4 Å². The van der Waals surface area contributed by atoms with E-state index in [1.54, 1.807) is 59.4 Å². The SMILES string of the molecule is C=C(C)N1c2cc(OCCCCCOc3cc4c(cc3OC)C(=O)N3C=C(C)CC3C=N4)c(OC)cc2C(=O)N2C=C(C)CC2C1O. The Balaban J connectivity index is 1.07. The molecule has 0 saturated heterocycles. The molecule has 4 aliphatic heterocycles. The van der Waals surface area contributed by atoms with Crippen LogP contribution in [0.2, 0.25) is 0 Å². The number of amides is 2. The van der Waals surface area contributed by atoms with E-state index >= 15 is 0 Å². The van der Waals surface area contributed by atoms with E-state index in [9.17, 15) is 14.7 Å². The number of anilines is 1. The molecule has 1 N–H and O–H groups in total. The topological polar surface area (TPSA) is 113 Å². The zero-order valence-corrected chi connectivity index (χ0v) is 27.6. The summed E-state index contributed by atoms with van der Waals surface area (Å²) in [5, 5.41) is 11.3. The molecule has 0 spiro atoms. The fourth-order valence-corrected chi connectivity index (χ4v) is 6.65. The molecular weight excluding hydrogens is 600 g/mol. The summed E-state index contributed by atoms with van der Waals surface area (Å²) < 4.78 is 23.4. The molecule has 2 amide bonds. The lowest BCUT2D eigenvalue weighted by Crippen LogP contribution is -2.47. The van der Waals surface area contributed by atoms with Crippen molar-refractivity contribution < 1.29 is 33.6 Å². The first-order valence-electron chi connectivity index (χ1n) is 16.0. The number of unbranched alkanes of at least 4 members (excludes halogenated alkanes) is 2. The summed E-state index contributed by atoms with van der Waals surface area (Å²) in [6.07, 6.45) is 8.26. The Labute approximate surface area is 275 Å². The number of aliphatic hydroxyl groups excluding tert-OH is 1. The summed E-state index contributed by atoms with van der Waals surface area (Å²) in [5.41, 5.74) is 4.80. The van der Waals surface area contributed by atoms with Gasteiger partial charge in [-0.25, -0.2) is 0 Å². The number of carbonyl (C=O) groups excluding carboxylic acids is 2. The van der Waals surface area contributed by atoms with Gasteiger partial charge in [-0.05, 0) is 65.0 Å². The highest BCUT2D eigenvalue weighted by molar-refractivity contribution is 6.04. The molecule has 248 valence electrons. The van der Waals surface area contributed by atoms with Gasteiger partial charge in [0.1, 0.15) is 0 Å². The van der Waals surface area contributed by atoms with E-state index in [0.29, 0.717) is 70.8 Å². The maximum absolute atomic E-state index is 13.6. The van der Waals surface area contributed by atoms with E-state index < -0.39 is 12.3 Å². The van der Waals surface area contributed by atoms with E-state index in [1.807, 2.05) is 33.2 Å². The quantitative estimate of drug-likeness (QED) is 0.299. The fraction of sp³-hybridized carbons (Fsp3) is 0.417. The number of fused-ring (bicyclic) bond motifs is 4. The van der Waals surface area contributed by atoms with Gasteiger partial charge in [-0.1, -0.05) is 17.7 Å². The van der Waals surface area contributed by atoms with Crippen molar-refractivity contribution in [3.05, 3.63) is 71.2 Å². The van der Waals surface area contributed by atoms with Crippen molar-refractivity contribution in [2.75, 3.05) is 32.3 Å². The Morgan fingerprint density at radius 2 is 1.45 bits per heavy atom. The predicted octanol–water partition coefficient (Wildman–Crippen LogP) is 5.96. The molecule has 0 fully saturated rings. The van der Waals surface area contributed by atoms with Crippen LogP contribution >= 0.6 is 0 Å². The Morgan fingerprint density at radius 3 is 2.11 bits per heavy atom. The molecule has 4 heterocycles. The van der Waals surface area contributed by atoms with Gasteiger partial charge in [-0.2, -0.15) is 0 Å². The second kappa shape index (κ2) is 13.2. The van der Waals surface area contributed by atoms with E-state index in [4.69, 9.17) is 18.9 Å². The molecule has 0 saturated carbocycles. The van der Waals surface area contributed by atoms with Crippen LogP contribution in [0.1, 0.15) is 73.6 Å². The van der Waals surface area contributed by atoms with Crippen LogP contribution in [0.3, 0.4) is 0 Å². The summed E-state index contributed by atoms with van der Waals surface area (Å²) in [6.45, 7) is 10.7. The summed E-state index contributed by atoms with van der Waals surface area (Å²) in [4.78, 5) is 36.4. The van der Waals surface area contributed by atoms with Gasteiger partial charge in [0.05, 0.1) is 62.0 Å². The van der Waals surface area contributed by atoms with Crippen molar-refractivity contribution in [2.45, 2.75) is 71.2 Å². The van der Waals surface area contributed by atoms with Gasteiger partial charge >= 0.3 is 0 Å². The number of methoxy groups -OCH3 is 2. The molecule has 0 aromatic heterocycles. The van der Waals surface area contributed by atoms with E-state index in [1.165, 1.54) is 0 Å². The smallest absolute Gasteiger partial charge is 0.260 e. The largest absolute Gasteiger partial charge is 0.493 e. The second-order valence-corrected chi connectivity index (χ2v) is 12.5. The normalized spacial score (nSPS) is 21.2. The Hall–Kier alpha value is -4.77. The number of aliphatic imine (C=N–C) groups is 1. The van der Waals surface area contributed by atoms with Crippen molar-refractivity contribution in [3.63, 3.8) is 0 Å². The van der Waals surface area contributed by atoms with Gasteiger partial charge in [0, 0.05) is 36.4 Å². The van der Waals surface area contributed by atoms with Crippen LogP contribution < -0.4 is 23.8 Å². The molecule has 11 nitrogen and oxygen atoms in total. The highest BCUT2D eigenvalue weighted by Crippen LogP contribution is 2.43. The van der Waals surface area contributed by atoms with Gasteiger partial charge in [0.25, 0.3) is 11.8 Å². The lowest BCUT2D eigenvalue weighted by molar-refractivity contribution is 0.0594. The second-order valence-electron chi connectivity index (χ2n) is 12.5. The maximum Gasteiger partial charge on any atom is 0.260 e. The number of carbonyl (C=O) groups is 2. The minimum atomic E-state index is -0.961. The van der Waals surface area contributed by atoms with Crippen LogP contribution in [0.15, 0.2) is 65.1 Å². The number of allylic oxidation sites excluding steroid dienone is 1. The zero-order chi connectivity index (χ0) is 33.4. The van der Waals surface area contributed by atoms with Crippen molar-refractivity contribution in [3.8, 4) is 23.0 Å². The minimum absolute atomic E-state index is 0.0724. The molecule has 2 aromatic rings. The van der Waals surface area contributed by atoms with Crippen LogP contribution in [-0.2, 0) is 0 Å². The number of nitrogens with zero attached hydrogens (tertiary/aromatic N) is 4. The molecule has 0 aliphatic carbocycles. The molecule has 3 atom stereocenters. The van der Waals surface area contributed by atoms with Gasteiger partial charge in [-0.3, -0.25) is 14.6 Å². The van der Waals surface area contributed by atoms with E-state index in [2.05, 4.69) is 11.6 Å². The monoisotopic (exact) mass is 642 g/mol. The van der Waals surface area contributed by atoms with Crippen molar-refractivity contribution >= 4 is 29.4 Å². The molecule has 0 radical (unpaired) electrons. The average molecular weight is 643 g/mol. The standard InChI is InChI=1S/C36H42N4O7/c1-21(2)40-28-17-33(31(45-6)15-26(28)35(42)39-20-23(4)13-29(39)36(40)43)47-11-9-7-8-10-46-32-16-27-25(14-30(32)44-5)34(41)38-19-22(3)12-24(38)18-37-27/h14-20,24,29,36,43H,1,7-13H2,2-6H3. The molecule has 3 unspecified atom stereocenters. The molecule has 6 rings (SSSR count). The van der Waals surface area contributed by atoms with Crippen LogP contribution in [0, 0.1) is 0 Å². The Bertz CT molecular complexity index is 1700. The number of aliphatic hydroxyl groups is 1. The predicted molar refractivity (Wildman–Crippen MR) is 179 cm³/mol. The van der Waals surface area contributed by atoms with Crippen molar-refractivity contribution in [1.29, 1.82) is 0 Å². The molecule has 4 aliphatic rings. The molecule has 2 aromatic carbocycles. The lowest BCUT2D eigenvalue weighted by atomic mass is 10.1. The summed E-state index contributed by atoms with van der Waals surface area (Å²) in [5.74, 6) is 1.66. The highest BCUT2D eigenvalue weighted by atomic mass is 16.5. The summed E-state index contributed by atoms with van der Waals surface area (Å²) >= 11 is 0. The first-order valence-corrected chi connectivity index (χ1v) is 16.0. The zero-order valence-electron chi connectivity index (χ0n) is 27.6. The first kappa shape index (κ1) is 32.2. The highest BCUT2D eigenvalue weighted by Gasteiger charge is 2.42. The summed E-state index contributed by atoms with van der Waals surface area (Å²) in [7, 11) is 3.10. The third-order valence-corrected chi connectivity index (χ3v) is 8.96. The molecular formula is C36H42N4O7. The Kier molecular flexibility index (Phi) is 9.01. The third kappa shape index (κ3) is 6.07. The number of ether oxygens (including phenoxy) is 4. The molecule has 47 heavy (non-hydrogen) atoms. The molecule has 11 heteroatoms. The number of hydrogen-bond acceptors (Lipinski definition) is 9. The van der Waals surface area contributed by atoms with E-state index in [-0.39, 0.29) is 17.9 Å². The summed E-state index contributed by atoms with van der Waals surface area (Å²) in [6, 6.07) is 6.43. The Morgan fingerprint density at radius 1 is 0.851 bits per heavy atom. The van der Waals surface area contributed by atoms with Crippen molar-refractivity contribution in [2.24, 2.45) is 4.99 Å². The van der Waals surface area contributed by atoms with Gasteiger partial charge in [0.2, 0.25) is 0 Å². The number of benzene rings is 2. The maximum atomic E-state index is 13.6. The lowest BCUT2D eigenvalue weighted by Gasteiger charge is -2.34. The van der Waals surface area contributed by atoms with Gasteiger partial charge in [-0.15, -0.1) is 0 Å². The average Bonchev–Trinajstić information content (AvgIpc) is 3.58. The number of rotatable bonds is 11. The van der Waals surface area contributed by atoms with Crippen LogP contribution in [0.25, 0.3) is 0 Å². The van der Waals surface area contributed by atoms with Crippen LogP contribution in [0.5, 0.6) is 23.0 Å². The van der Waals surface area contributed by atoms with Gasteiger partial charge in [0.15, 0.2) is 29.2 Å².